The Morgan fingerprint density at radius 2 is 1.02 bits per heavy atom. The Balaban J connectivity index is 0. The number of carbonyl (C=O) groups excluding carboxylic acids is 1. The highest BCUT2D eigenvalue weighted by Gasteiger charge is 2.24. The van der Waals surface area contributed by atoms with E-state index in [0.29, 0.717) is 6.42 Å². The average molecular weight is 661 g/mol. The predicted molar refractivity (Wildman–Crippen MR) is 191 cm³/mol. The van der Waals surface area contributed by atoms with Gasteiger partial charge in [-0.2, -0.15) is 0 Å². The van der Waals surface area contributed by atoms with Crippen LogP contribution in [0.5, 0.6) is 0 Å². The summed E-state index contributed by atoms with van der Waals surface area (Å²) in [5, 5.41) is 13.3. The highest BCUT2D eigenvalue weighted by molar-refractivity contribution is 7.46. The van der Waals surface area contributed by atoms with Gasteiger partial charge in [0.25, 0.3) is 0 Å². The van der Waals surface area contributed by atoms with Gasteiger partial charge in [-0.15, -0.1) is 0 Å². The van der Waals surface area contributed by atoms with Crippen LogP contribution < -0.4 is 11.5 Å². The number of hydrogen-bond donors (Lipinski definition) is 5. The van der Waals surface area contributed by atoms with Crippen molar-refractivity contribution in [3.8, 4) is 0 Å². The number of allylic oxidation sites excluding steroid dienone is 3. The van der Waals surface area contributed by atoms with Crippen LogP contribution in [0.2, 0.25) is 0 Å². The van der Waals surface area contributed by atoms with Crippen LogP contribution in [0.3, 0.4) is 0 Å². The molecule has 45 heavy (non-hydrogen) atoms. The molecule has 0 fully saturated rings. The van der Waals surface area contributed by atoms with Gasteiger partial charge < -0.3 is 26.4 Å². The lowest BCUT2D eigenvalue weighted by atomic mass is 10.0. The lowest BCUT2D eigenvalue weighted by Crippen LogP contribution is -2.45. The molecule has 1 amide bonds. The van der Waals surface area contributed by atoms with Crippen LogP contribution in [0.15, 0.2) is 24.3 Å². The van der Waals surface area contributed by atoms with Gasteiger partial charge in [-0.3, -0.25) is 9.32 Å². The molecule has 0 bridgehead atoms. The van der Waals surface area contributed by atoms with Crippen LogP contribution in [0.1, 0.15) is 181 Å². The molecule has 0 spiro atoms. The standard InChI is InChI=1S/C36H70NO6P.H3N/c1-3-5-7-9-11-13-15-17-18-20-22-24-26-28-30-32-36(39)37-34(33-43-44(40,41)42)35(38)31-29-27-25-23-21-19-16-14-12-10-8-6-4-2;/h17-18,29,31,34-35,38H,3-16,19-28,30,32-33H2,1-2H3,(H,37,39)(H2,40,41,42);1H3/b18-17-,31-29+;/t34-,35+;/m0./s1. The minimum Gasteiger partial charge on any atom is -0.387 e. The number of aliphatic hydroxyl groups excluding tert-OH is 1. The maximum absolute atomic E-state index is 12.5. The number of rotatable bonds is 33. The van der Waals surface area contributed by atoms with Crippen molar-refractivity contribution in [2.45, 2.75) is 193 Å². The van der Waals surface area contributed by atoms with Crippen LogP contribution >= 0.6 is 7.82 Å². The Morgan fingerprint density at radius 3 is 1.44 bits per heavy atom. The fraction of sp³-hybridized carbons (Fsp3) is 0.861. The molecule has 2 atom stereocenters. The molecule has 0 saturated carbocycles. The number of amides is 1. The second-order valence-electron chi connectivity index (χ2n) is 12.5. The van der Waals surface area contributed by atoms with Crippen LogP contribution in [0.25, 0.3) is 0 Å². The lowest BCUT2D eigenvalue weighted by molar-refractivity contribution is -0.123. The molecule has 0 aromatic rings. The van der Waals surface area contributed by atoms with Gasteiger partial charge in [-0.1, -0.05) is 154 Å². The van der Waals surface area contributed by atoms with Crippen molar-refractivity contribution >= 4 is 13.7 Å². The molecular formula is C36H73N2O6P. The molecule has 0 saturated heterocycles. The molecule has 0 unspecified atom stereocenters. The summed E-state index contributed by atoms with van der Waals surface area (Å²) in [6, 6.07) is -0.910. The number of phosphoric ester groups is 1. The first-order valence-corrected chi connectivity index (χ1v) is 19.8. The van der Waals surface area contributed by atoms with Crippen molar-refractivity contribution in [3.63, 3.8) is 0 Å². The summed E-state index contributed by atoms with van der Waals surface area (Å²) in [4.78, 5) is 30.7. The van der Waals surface area contributed by atoms with E-state index in [2.05, 4.69) is 35.8 Å². The van der Waals surface area contributed by atoms with E-state index in [9.17, 15) is 14.5 Å². The lowest BCUT2D eigenvalue weighted by Gasteiger charge is -2.22. The van der Waals surface area contributed by atoms with Crippen LogP contribution in [-0.4, -0.2) is 39.6 Å². The molecule has 8 nitrogen and oxygen atoms in total. The van der Waals surface area contributed by atoms with Gasteiger partial charge in [0.1, 0.15) is 0 Å². The third-order valence-corrected chi connectivity index (χ3v) is 8.64. The van der Waals surface area contributed by atoms with E-state index in [-0.39, 0.29) is 12.1 Å². The highest BCUT2D eigenvalue weighted by atomic mass is 31.2. The molecule has 0 rings (SSSR count). The van der Waals surface area contributed by atoms with Gasteiger partial charge in [0, 0.05) is 6.42 Å². The summed E-state index contributed by atoms with van der Waals surface area (Å²) < 4.78 is 15.8. The van der Waals surface area contributed by atoms with Crippen molar-refractivity contribution < 1.29 is 28.8 Å². The van der Waals surface area contributed by atoms with E-state index in [1.807, 2.05) is 6.08 Å². The zero-order valence-corrected chi connectivity index (χ0v) is 30.2. The average Bonchev–Trinajstić information content (AvgIpc) is 2.99. The minimum atomic E-state index is -4.71. The van der Waals surface area contributed by atoms with E-state index in [0.717, 1.165) is 51.4 Å². The summed E-state index contributed by atoms with van der Waals surface area (Å²) in [6.45, 7) is 4.04. The smallest absolute Gasteiger partial charge is 0.387 e. The first-order valence-electron chi connectivity index (χ1n) is 18.3. The van der Waals surface area contributed by atoms with E-state index in [1.165, 1.54) is 109 Å². The summed E-state index contributed by atoms with van der Waals surface area (Å²) in [6.07, 6.45) is 37.6. The van der Waals surface area contributed by atoms with E-state index < -0.39 is 26.6 Å². The largest absolute Gasteiger partial charge is 0.469 e. The molecule has 7 N–H and O–H groups in total. The van der Waals surface area contributed by atoms with Gasteiger partial charge in [0.15, 0.2) is 0 Å². The molecule has 0 aliphatic rings. The second-order valence-corrected chi connectivity index (χ2v) is 13.8. The van der Waals surface area contributed by atoms with E-state index in [4.69, 9.17) is 9.79 Å². The Hall–Kier alpha value is -1.02. The Morgan fingerprint density at radius 1 is 0.644 bits per heavy atom. The zero-order chi connectivity index (χ0) is 32.6. The molecule has 0 aliphatic heterocycles. The summed E-state index contributed by atoms with van der Waals surface area (Å²) in [5.41, 5.74) is 0. The fourth-order valence-electron chi connectivity index (χ4n) is 5.33. The number of carbonyl (C=O) groups is 1. The monoisotopic (exact) mass is 661 g/mol. The molecule has 0 aliphatic carbocycles. The van der Waals surface area contributed by atoms with Gasteiger partial charge in [-0.25, -0.2) is 4.57 Å². The van der Waals surface area contributed by atoms with Crippen LogP contribution in [-0.2, 0) is 13.9 Å². The van der Waals surface area contributed by atoms with Gasteiger partial charge in [0.05, 0.1) is 18.8 Å². The fourth-order valence-corrected chi connectivity index (χ4v) is 5.69. The zero-order valence-electron chi connectivity index (χ0n) is 29.3. The maximum atomic E-state index is 12.5. The third-order valence-electron chi connectivity index (χ3n) is 8.15. The topological polar surface area (TPSA) is 151 Å². The number of unbranched alkanes of at least 4 members (excludes halogenated alkanes) is 22. The summed E-state index contributed by atoms with van der Waals surface area (Å²) in [5.74, 6) is -0.236. The summed E-state index contributed by atoms with van der Waals surface area (Å²) in [7, 11) is -4.71. The first kappa shape index (κ1) is 46.1. The Bertz CT molecular complexity index is 743. The normalized spacial score (nSPS) is 13.4. The van der Waals surface area contributed by atoms with Crippen LogP contribution in [0, 0.1) is 0 Å². The second kappa shape index (κ2) is 34.3. The third kappa shape index (κ3) is 35.7. The molecule has 0 aromatic carbocycles. The number of aliphatic hydroxyl groups is 1. The number of phosphoric acid groups is 1. The molecular weight excluding hydrogens is 587 g/mol. The quantitative estimate of drug-likeness (QED) is 0.0267. The van der Waals surface area contributed by atoms with E-state index >= 15 is 0 Å². The Labute approximate surface area is 277 Å². The van der Waals surface area contributed by atoms with E-state index in [1.54, 1.807) is 6.08 Å². The number of nitrogens with one attached hydrogen (secondary N) is 1. The Kier molecular flexibility index (Phi) is 35.2. The molecule has 0 aromatic heterocycles. The SMILES string of the molecule is CCCCCCCC/C=C\CCCCCCCC(=O)N[C@@H](COP(=O)(O)O)[C@H](O)/C=C/CCCCCCCCCCCCC.N. The highest BCUT2D eigenvalue weighted by Crippen LogP contribution is 2.35. The van der Waals surface area contributed by atoms with Crippen LogP contribution in [0.4, 0.5) is 0 Å². The molecule has 0 heterocycles. The first-order chi connectivity index (χ1) is 21.3. The van der Waals surface area contributed by atoms with Crippen molar-refractivity contribution in [2.75, 3.05) is 6.61 Å². The van der Waals surface area contributed by atoms with Crippen molar-refractivity contribution in [1.82, 2.24) is 11.5 Å². The van der Waals surface area contributed by atoms with Gasteiger partial charge in [0.2, 0.25) is 5.91 Å². The molecule has 268 valence electrons. The van der Waals surface area contributed by atoms with Crippen molar-refractivity contribution in [1.29, 1.82) is 0 Å². The maximum Gasteiger partial charge on any atom is 0.469 e. The van der Waals surface area contributed by atoms with Crippen molar-refractivity contribution in [2.24, 2.45) is 0 Å². The number of hydrogen-bond acceptors (Lipinski definition) is 5. The predicted octanol–water partition coefficient (Wildman–Crippen LogP) is 10.4. The molecule has 9 heteroatoms. The van der Waals surface area contributed by atoms with Crippen molar-refractivity contribution in [3.05, 3.63) is 24.3 Å². The van der Waals surface area contributed by atoms with Gasteiger partial charge in [-0.05, 0) is 44.9 Å². The molecule has 0 radical (unpaired) electrons. The minimum absolute atomic E-state index is 0. The van der Waals surface area contributed by atoms with Gasteiger partial charge >= 0.3 is 7.82 Å². The summed E-state index contributed by atoms with van der Waals surface area (Å²) >= 11 is 0.